The largest absolute Gasteiger partial charge is 0.454 e. The van der Waals surface area contributed by atoms with Crippen molar-refractivity contribution < 1.29 is 9.53 Å². The Morgan fingerprint density at radius 1 is 0.787 bits per heavy atom. The molecule has 0 aromatic heterocycles. The minimum Gasteiger partial charge on any atom is -0.454 e. The van der Waals surface area contributed by atoms with Crippen molar-refractivity contribution in [1.29, 1.82) is 0 Å². The van der Waals surface area contributed by atoms with Crippen LogP contribution in [0.5, 0.6) is 0 Å². The van der Waals surface area contributed by atoms with Gasteiger partial charge in [0.05, 0.1) is 5.92 Å². The molecule has 0 bridgehead atoms. The highest BCUT2D eigenvalue weighted by Gasteiger charge is 2.60. The van der Waals surface area contributed by atoms with Crippen LogP contribution in [0.25, 0.3) is 0 Å². The van der Waals surface area contributed by atoms with E-state index in [2.05, 4.69) is 62.6 Å². The number of alkyl halides is 2. The fraction of sp³-hybridized carbons (Fsp3) is 0.825. The third-order valence-corrected chi connectivity index (χ3v) is 15.4. The van der Waals surface area contributed by atoms with Crippen LogP contribution in [0.2, 0.25) is 0 Å². The van der Waals surface area contributed by atoms with Gasteiger partial charge in [-0.25, -0.2) is 0 Å². The standard InChI is InChI=1S/C40H61Cl2N3O2/c1-7-45(8-2)29-17-13-26(14-18-29)40(34-12-10-9-11-30(34)39(46)47-40)23-33(37-24(3)43(5)35-19-15-27(41)21-31(35)37)38-25(4)44(6)36-20-16-28(42)22-32(36)38/h23,26-32,34-36H,7-22H2,1-6H3. The van der Waals surface area contributed by atoms with Crippen LogP contribution in [-0.4, -0.2) is 82.3 Å². The maximum Gasteiger partial charge on any atom is 0.310 e. The second kappa shape index (κ2) is 13.5. The molecule has 0 amide bonds. The van der Waals surface area contributed by atoms with Crippen molar-refractivity contribution in [3.63, 3.8) is 0 Å². The summed E-state index contributed by atoms with van der Waals surface area (Å²) in [7, 11) is 4.62. The average molecular weight is 687 g/mol. The van der Waals surface area contributed by atoms with E-state index >= 15 is 0 Å². The predicted octanol–water partition coefficient (Wildman–Crippen LogP) is 8.91. The zero-order chi connectivity index (χ0) is 33.2. The lowest BCUT2D eigenvalue weighted by Gasteiger charge is -2.46. The lowest BCUT2D eigenvalue weighted by molar-refractivity contribution is -0.152. The van der Waals surface area contributed by atoms with Gasteiger partial charge in [0.25, 0.3) is 0 Å². The number of allylic oxidation sites excluding steroid dienone is 3. The normalized spacial score (nSPS) is 42.1. The third kappa shape index (κ3) is 5.73. The van der Waals surface area contributed by atoms with Crippen LogP contribution in [0.4, 0.5) is 0 Å². The van der Waals surface area contributed by atoms with E-state index in [0.717, 1.165) is 83.7 Å². The lowest BCUT2D eigenvalue weighted by atomic mass is 9.62. The molecule has 3 heterocycles. The number of rotatable bonds is 7. The highest BCUT2D eigenvalue weighted by molar-refractivity contribution is 6.21. The van der Waals surface area contributed by atoms with Crippen molar-refractivity contribution in [3.8, 4) is 0 Å². The maximum absolute atomic E-state index is 14.0. The fourth-order valence-electron chi connectivity index (χ4n) is 12.0. The Morgan fingerprint density at radius 3 is 1.85 bits per heavy atom. The molecule has 0 aromatic rings. The highest BCUT2D eigenvalue weighted by atomic mass is 35.5. The molecule has 7 aliphatic rings. The number of carbonyl (C=O) groups excluding carboxylic acids is 1. The van der Waals surface area contributed by atoms with Crippen LogP contribution >= 0.6 is 23.2 Å². The van der Waals surface area contributed by atoms with Gasteiger partial charge < -0.3 is 19.4 Å². The fourth-order valence-corrected chi connectivity index (χ4v) is 12.7. The van der Waals surface area contributed by atoms with Crippen molar-refractivity contribution in [1.82, 2.24) is 14.7 Å². The quantitative estimate of drug-likeness (QED) is 0.198. The van der Waals surface area contributed by atoms with E-state index < -0.39 is 5.60 Å². The SMILES string of the molecule is CCN(CC)C1CCC(C2(C=C(C3=C(C)N(C)C4CCC(Cl)CC34)C3=C(C)N(C)C4CCC(Cl)CC34)OC(=O)C3CCCCC32)CC1. The molecule has 4 aliphatic carbocycles. The maximum atomic E-state index is 14.0. The van der Waals surface area contributed by atoms with Crippen LogP contribution in [0.3, 0.4) is 0 Å². The first kappa shape index (κ1) is 34.3. The van der Waals surface area contributed by atoms with Gasteiger partial charge in [0.15, 0.2) is 0 Å². The summed E-state index contributed by atoms with van der Waals surface area (Å²) in [5.41, 5.74) is 6.63. The summed E-state index contributed by atoms with van der Waals surface area (Å²) in [5, 5.41) is 0.415. The summed E-state index contributed by atoms with van der Waals surface area (Å²) >= 11 is 14.0. The molecule has 0 radical (unpaired) electrons. The number of cyclic esters (lactones) is 1. The van der Waals surface area contributed by atoms with E-state index in [0.29, 0.717) is 35.9 Å². The summed E-state index contributed by atoms with van der Waals surface area (Å²) in [6.07, 6.45) is 18.2. The second-order valence-corrected chi connectivity index (χ2v) is 17.7. The first-order valence-electron chi connectivity index (χ1n) is 19.4. The molecule has 1 saturated heterocycles. The van der Waals surface area contributed by atoms with E-state index in [1.54, 1.807) is 0 Å². The van der Waals surface area contributed by atoms with Crippen LogP contribution in [0, 0.1) is 29.6 Å². The lowest BCUT2D eigenvalue weighted by Crippen LogP contribution is -2.48. The van der Waals surface area contributed by atoms with Gasteiger partial charge in [0.2, 0.25) is 0 Å². The Labute approximate surface area is 295 Å². The van der Waals surface area contributed by atoms with E-state index in [9.17, 15) is 4.79 Å². The molecule has 47 heavy (non-hydrogen) atoms. The Morgan fingerprint density at radius 2 is 1.32 bits per heavy atom. The second-order valence-electron chi connectivity index (χ2n) is 16.4. The minimum absolute atomic E-state index is 0.0358. The molecule has 7 rings (SSSR count). The van der Waals surface area contributed by atoms with Gasteiger partial charge >= 0.3 is 5.97 Å². The van der Waals surface area contributed by atoms with Gasteiger partial charge in [-0.1, -0.05) is 26.7 Å². The van der Waals surface area contributed by atoms with Crippen molar-refractivity contribution in [3.05, 3.63) is 34.2 Å². The Balaban J connectivity index is 1.40. The molecule has 7 heteroatoms. The summed E-state index contributed by atoms with van der Waals surface area (Å²) in [6.45, 7) is 11.5. The summed E-state index contributed by atoms with van der Waals surface area (Å²) in [6, 6.07) is 1.61. The molecule has 9 atom stereocenters. The van der Waals surface area contributed by atoms with E-state index in [4.69, 9.17) is 27.9 Å². The number of esters is 1. The molecule has 9 unspecified atom stereocenters. The molecule has 3 aliphatic heterocycles. The molecule has 5 fully saturated rings. The van der Waals surface area contributed by atoms with Crippen molar-refractivity contribution >= 4 is 29.2 Å². The topological polar surface area (TPSA) is 36.0 Å². The van der Waals surface area contributed by atoms with Crippen molar-refractivity contribution in [2.24, 2.45) is 29.6 Å². The Bertz CT molecular complexity index is 1240. The van der Waals surface area contributed by atoms with Crippen LogP contribution in [0.1, 0.15) is 118 Å². The van der Waals surface area contributed by atoms with Crippen molar-refractivity contribution in [2.75, 3.05) is 27.2 Å². The van der Waals surface area contributed by atoms with Gasteiger partial charge in [-0.3, -0.25) is 4.79 Å². The number of nitrogens with zero attached hydrogens (tertiary/aromatic N) is 3. The first-order valence-corrected chi connectivity index (χ1v) is 20.3. The van der Waals surface area contributed by atoms with E-state index in [-0.39, 0.29) is 28.6 Å². The first-order chi connectivity index (χ1) is 22.6. The van der Waals surface area contributed by atoms with Crippen molar-refractivity contribution in [2.45, 2.75) is 152 Å². The highest BCUT2D eigenvalue weighted by Crippen LogP contribution is 2.58. The molecule has 262 valence electrons. The van der Waals surface area contributed by atoms with Gasteiger partial charge in [0, 0.05) is 78.0 Å². The molecule has 0 spiro atoms. The van der Waals surface area contributed by atoms with Crippen LogP contribution in [0.15, 0.2) is 34.2 Å². The summed E-state index contributed by atoms with van der Waals surface area (Å²) < 4.78 is 7.02. The Hall–Kier alpha value is -1.17. The molecule has 4 saturated carbocycles. The third-order valence-electron chi connectivity index (χ3n) is 14.6. The number of hydrogen-bond acceptors (Lipinski definition) is 5. The zero-order valence-electron chi connectivity index (χ0n) is 30.1. The molecule has 5 nitrogen and oxygen atoms in total. The van der Waals surface area contributed by atoms with Gasteiger partial charge in [-0.15, -0.1) is 23.2 Å². The van der Waals surface area contributed by atoms with E-state index in [1.807, 2.05) is 0 Å². The number of ether oxygens (including phenoxy) is 1. The number of fused-ring (bicyclic) bond motifs is 3. The minimum atomic E-state index is -0.552. The zero-order valence-corrected chi connectivity index (χ0v) is 31.6. The molecular formula is C40H61Cl2N3O2. The average Bonchev–Trinajstić information content (AvgIpc) is 3.60. The van der Waals surface area contributed by atoms with Crippen LogP contribution in [-0.2, 0) is 9.53 Å². The molecule has 0 N–H and O–H groups in total. The number of carbonyl (C=O) groups is 1. The Kier molecular flexibility index (Phi) is 9.86. The monoisotopic (exact) mass is 685 g/mol. The van der Waals surface area contributed by atoms with Crippen LogP contribution < -0.4 is 0 Å². The predicted molar refractivity (Wildman–Crippen MR) is 193 cm³/mol. The van der Waals surface area contributed by atoms with Gasteiger partial charge in [-0.2, -0.15) is 0 Å². The molecule has 0 aromatic carbocycles. The van der Waals surface area contributed by atoms with Gasteiger partial charge in [-0.05, 0) is 127 Å². The summed E-state index contributed by atoms with van der Waals surface area (Å²) in [5.74, 6) is 1.53. The van der Waals surface area contributed by atoms with Gasteiger partial charge in [0.1, 0.15) is 5.60 Å². The number of hydrogen-bond donors (Lipinski definition) is 0. The number of halogens is 2. The smallest absolute Gasteiger partial charge is 0.310 e. The molecular weight excluding hydrogens is 625 g/mol. The van der Waals surface area contributed by atoms with E-state index in [1.165, 1.54) is 47.4 Å². The summed E-state index contributed by atoms with van der Waals surface area (Å²) in [4.78, 5) is 21.8.